The lowest BCUT2D eigenvalue weighted by Crippen LogP contribution is -1.89. The van der Waals surface area contributed by atoms with Gasteiger partial charge in [0.15, 0.2) is 0 Å². The molecule has 136 valence electrons. The van der Waals surface area contributed by atoms with Crippen LogP contribution in [0.15, 0.2) is 84.9 Å². The molecule has 0 aromatic heterocycles. The fraction of sp³-hybridized carbons (Fsp3) is 0.120. The van der Waals surface area contributed by atoms with Gasteiger partial charge in [0.05, 0.1) is 0 Å². The Kier molecular flexibility index (Phi) is 5.46. The zero-order valence-corrected chi connectivity index (χ0v) is 14.9. The third kappa shape index (κ3) is 4.12. The summed E-state index contributed by atoms with van der Waals surface area (Å²) in [7, 11) is 0. The summed E-state index contributed by atoms with van der Waals surface area (Å²) in [6.45, 7) is 4.13. The lowest BCUT2D eigenvalue weighted by Gasteiger charge is -2.13. The van der Waals surface area contributed by atoms with E-state index in [2.05, 4.69) is 26.0 Å². The van der Waals surface area contributed by atoms with Gasteiger partial charge in [-0.15, -0.1) is 0 Å². The number of benzene rings is 4. The number of fused-ring (bicyclic) bond motifs is 1. The van der Waals surface area contributed by atoms with E-state index in [1.165, 1.54) is 11.1 Å². The highest BCUT2D eigenvalue weighted by atomic mass is 16.5. The van der Waals surface area contributed by atoms with Crippen LogP contribution < -0.4 is 9.47 Å². The molecule has 0 N–H and O–H groups in total. The summed E-state index contributed by atoms with van der Waals surface area (Å²) < 4.78 is 12.2. The Morgan fingerprint density at radius 2 is 0.852 bits per heavy atom. The Bertz CT molecular complexity index is 945. The topological polar surface area (TPSA) is 18.5 Å². The van der Waals surface area contributed by atoms with E-state index in [4.69, 9.17) is 9.47 Å². The molecule has 0 aliphatic carbocycles. The Labute approximate surface area is 161 Å². The van der Waals surface area contributed by atoms with Crippen molar-refractivity contribution in [2.45, 2.75) is 21.3 Å². The van der Waals surface area contributed by atoms with Gasteiger partial charge in [-0.3, -0.25) is 0 Å². The number of hydrogen-bond donors (Lipinski definition) is 0. The van der Waals surface area contributed by atoms with E-state index in [0.29, 0.717) is 0 Å². The second-order valence-electron chi connectivity index (χ2n) is 6.44. The van der Waals surface area contributed by atoms with Crippen LogP contribution in [0.25, 0.3) is 10.8 Å². The minimum absolute atomic E-state index is 0. The molecule has 27 heavy (non-hydrogen) atoms. The predicted octanol–water partition coefficient (Wildman–Crippen LogP) is 7.68. The number of rotatable bonds is 4. The summed E-state index contributed by atoms with van der Waals surface area (Å²) in [4.78, 5) is 0. The van der Waals surface area contributed by atoms with Crippen LogP contribution in [-0.4, -0.2) is 0 Å². The summed E-state index contributed by atoms with van der Waals surface area (Å²) in [6, 6.07) is 28.2. The van der Waals surface area contributed by atoms with Gasteiger partial charge in [0.2, 0.25) is 0 Å². The molecule has 2 nitrogen and oxygen atoms in total. The second-order valence-corrected chi connectivity index (χ2v) is 6.44. The van der Waals surface area contributed by atoms with Crippen LogP contribution in [0.1, 0.15) is 18.6 Å². The van der Waals surface area contributed by atoms with E-state index in [9.17, 15) is 0 Å². The first kappa shape index (κ1) is 18.5. The molecule has 4 aromatic rings. The average molecular weight is 356 g/mol. The first-order valence-electron chi connectivity index (χ1n) is 8.70. The van der Waals surface area contributed by atoms with Crippen LogP contribution in [0.2, 0.25) is 0 Å². The van der Waals surface area contributed by atoms with Crippen LogP contribution in [-0.2, 0) is 0 Å². The van der Waals surface area contributed by atoms with Gasteiger partial charge in [0.25, 0.3) is 0 Å². The number of ether oxygens (including phenoxy) is 2. The molecule has 0 saturated carbocycles. The van der Waals surface area contributed by atoms with E-state index in [0.717, 1.165) is 33.8 Å². The molecule has 0 saturated heterocycles. The molecule has 0 spiro atoms. The van der Waals surface area contributed by atoms with Gasteiger partial charge < -0.3 is 9.47 Å². The third-order valence-electron chi connectivity index (χ3n) is 4.34. The van der Waals surface area contributed by atoms with Gasteiger partial charge in [-0.05, 0) is 50.2 Å². The van der Waals surface area contributed by atoms with Gasteiger partial charge in [0, 0.05) is 10.8 Å². The molecule has 0 aliphatic rings. The van der Waals surface area contributed by atoms with Gasteiger partial charge >= 0.3 is 0 Å². The molecule has 0 unspecified atom stereocenters. The van der Waals surface area contributed by atoms with Gasteiger partial charge in [-0.2, -0.15) is 0 Å². The summed E-state index contributed by atoms with van der Waals surface area (Å²) in [6.07, 6.45) is 0. The highest BCUT2D eigenvalue weighted by molar-refractivity contribution is 5.93. The van der Waals surface area contributed by atoms with Crippen LogP contribution in [0.5, 0.6) is 23.0 Å². The molecular weight excluding hydrogens is 332 g/mol. The lowest BCUT2D eigenvalue weighted by atomic mass is 10.1. The smallest absolute Gasteiger partial charge is 0.135 e. The molecular formula is C25H24O2. The largest absolute Gasteiger partial charge is 0.457 e. The van der Waals surface area contributed by atoms with Crippen molar-refractivity contribution in [2.75, 3.05) is 0 Å². The van der Waals surface area contributed by atoms with Crippen molar-refractivity contribution in [1.29, 1.82) is 0 Å². The quantitative estimate of drug-likeness (QED) is 0.373. The SMILES string of the molecule is C.Cc1ccc(Oc2cccc3c(Oc4ccc(C)cc4)cccc23)cc1. The summed E-state index contributed by atoms with van der Waals surface area (Å²) >= 11 is 0. The molecule has 0 aliphatic heterocycles. The van der Waals surface area contributed by atoms with Crippen LogP contribution in [0.3, 0.4) is 0 Å². The fourth-order valence-electron chi connectivity index (χ4n) is 2.90. The van der Waals surface area contributed by atoms with E-state index in [-0.39, 0.29) is 7.43 Å². The minimum Gasteiger partial charge on any atom is -0.457 e. The van der Waals surface area contributed by atoms with Crippen molar-refractivity contribution in [1.82, 2.24) is 0 Å². The van der Waals surface area contributed by atoms with Crippen LogP contribution in [0, 0.1) is 13.8 Å². The summed E-state index contributed by atoms with van der Waals surface area (Å²) in [5.41, 5.74) is 2.42. The zero-order chi connectivity index (χ0) is 17.9. The van der Waals surface area contributed by atoms with E-state index < -0.39 is 0 Å². The molecule has 0 heterocycles. The molecule has 0 atom stereocenters. The van der Waals surface area contributed by atoms with Crippen molar-refractivity contribution >= 4 is 10.8 Å². The van der Waals surface area contributed by atoms with Crippen molar-refractivity contribution in [2.24, 2.45) is 0 Å². The van der Waals surface area contributed by atoms with Gasteiger partial charge in [-0.1, -0.05) is 67.1 Å². The Hall–Kier alpha value is -3.26. The molecule has 4 aromatic carbocycles. The first-order chi connectivity index (χ1) is 12.7. The first-order valence-corrected chi connectivity index (χ1v) is 8.70. The molecule has 0 radical (unpaired) electrons. The average Bonchev–Trinajstić information content (AvgIpc) is 2.66. The maximum absolute atomic E-state index is 6.11. The highest BCUT2D eigenvalue weighted by Gasteiger charge is 2.08. The molecule has 0 amide bonds. The van der Waals surface area contributed by atoms with Crippen molar-refractivity contribution in [3.05, 3.63) is 96.1 Å². The Morgan fingerprint density at radius 1 is 0.481 bits per heavy atom. The predicted molar refractivity (Wildman–Crippen MR) is 113 cm³/mol. The molecule has 4 rings (SSSR count). The monoisotopic (exact) mass is 356 g/mol. The number of aryl methyl sites for hydroxylation is 2. The minimum atomic E-state index is 0. The normalized spacial score (nSPS) is 10.3. The van der Waals surface area contributed by atoms with E-state index in [1.807, 2.05) is 72.8 Å². The maximum atomic E-state index is 6.11. The van der Waals surface area contributed by atoms with E-state index in [1.54, 1.807) is 0 Å². The highest BCUT2D eigenvalue weighted by Crippen LogP contribution is 2.36. The second kappa shape index (κ2) is 7.96. The maximum Gasteiger partial charge on any atom is 0.135 e. The van der Waals surface area contributed by atoms with Crippen molar-refractivity contribution in [3.8, 4) is 23.0 Å². The zero-order valence-electron chi connectivity index (χ0n) is 14.9. The van der Waals surface area contributed by atoms with Gasteiger partial charge in [0.1, 0.15) is 23.0 Å². The number of hydrogen-bond acceptors (Lipinski definition) is 2. The lowest BCUT2D eigenvalue weighted by molar-refractivity contribution is 0.483. The standard InChI is InChI=1S/C24H20O2.CH4/c1-17-9-13-19(14-10-17)25-23-7-3-6-22-21(23)5-4-8-24(22)26-20-15-11-18(2)12-16-20;/h3-16H,1-2H3;1H4. The fourth-order valence-corrected chi connectivity index (χ4v) is 2.90. The van der Waals surface area contributed by atoms with Crippen molar-refractivity contribution in [3.63, 3.8) is 0 Å². The molecule has 2 heteroatoms. The van der Waals surface area contributed by atoms with Gasteiger partial charge in [-0.25, -0.2) is 0 Å². The molecule has 0 fully saturated rings. The van der Waals surface area contributed by atoms with Crippen LogP contribution in [0.4, 0.5) is 0 Å². The Balaban J connectivity index is 0.00000210. The third-order valence-corrected chi connectivity index (χ3v) is 4.34. The summed E-state index contributed by atoms with van der Waals surface area (Å²) in [5, 5.41) is 2.05. The van der Waals surface area contributed by atoms with Crippen LogP contribution >= 0.6 is 0 Å². The van der Waals surface area contributed by atoms with Crippen molar-refractivity contribution < 1.29 is 9.47 Å². The molecule has 0 bridgehead atoms. The Morgan fingerprint density at radius 3 is 1.22 bits per heavy atom. The summed E-state index contributed by atoms with van der Waals surface area (Å²) in [5.74, 6) is 3.29. The van der Waals surface area contributed by atoms with E-state index >= 15 is 0 Å².